The fraction of sp³-hybridized carbons (Fsp3) is 0.571. The van der Waals surface area contributed by atoms with E-state index in [9.17, 15) is 13.5 Å². The fourth-order valence-electron chi connectivity index (χ4n) is 3.40. The smallest absolute Gasteiger partial charge is 0.153 e. The quantitative estimate of drug-likeness (QED) is 0.847. The highest BCUT2D eigenvalue weighted by Crippen LogP contribution is 2.39. The van der Waals surface area contributed by atoms with Gasteiger partial charge in [0.15, 0.2) is 9.84 Å². The van der Waals surface area contributed by atoms with E-state index in [-0.39, 0.29) is 17.5 Å². The second-order valence-corrected chi connectivity index (χ2v) is 7.87. The number of hydrogen-bond donors (Lipinski definition) is 1. The van der Waals surface area contributed by atoms with Gasteiger partial charge in [-0.2, -0.15) is 0 Å². The highest BCUT2D eigenvalue weighted by molar-refractivity contribution is 7.91. The van der Waals surface area contributed by atoms with Gasteiger partial charge >= 0.3 is 0 Å². The Bertz CT molecular complexity index is 597. The number of aryl methyl sites for hydroxylation is 1. The Balaban J connectivity index is 1.86. The molecule has 104 valence electrons. The summed E-state index contributed by atoms with van der Waals surface area (Å²) in [5.74, 6) is 0.840. The molecule has 0 amide bonds. The maximum Gasteiger partial charge on any atom is 0.153 e. The van der Waals surface area contributed by atoms with Crippen molar-refractivity contribution in [3.05, 3.63) is 29.3 Å². The number of nitrogens with zero attached hydrogens (tertiary/aromatic N) is 1. The number of rotatable bonds is 1. The van der Waals surface area contributed by atoms with Gasteiger partial charge in [0.05, 0.1) is 11.5 Å². The molecule has 1 aromatic rings. The van der Waals surface area contributed by atoms with Crippen LogP contribution in [-0.4, -0.2) is 42.5 Å². The van der Waals surface area contributed by atoms with Gasteiger partial charge in [0.2, 0.25) is 0 Å². The first kappa shape index (κ1) is 12.9. The minimum atomic E-state index is -2.86. The zero-order valence-electron chi connectivity index (χ0n) is 11.0. The minimum Gasteiger partial charge on any atom is -0.508 e. The van der Waals surface area contributed by atoms with Crippen LogP contribution in [-0.2, 0) is 16.3 Å². The molecular weight excluding hydrogens is 262 g/mol. The van der Waals surface area contributed by atoms with E-state index in [1.807, 2.05) is 19.1 Å². The van der Waals surface area contributed by atoms with E-state index in [1.54, 1.807) is 6.07 Å². The molecule has 2 unspecified atom stereocenters. The van der Waals surface area contributed by atoms with Crippen molar-refractivity contribution in [2.24, 2.45) is 0 Å². The molecular formula is C14H19NO3S. The summed E-state index contributed by atoms with van der Waals surface area (Å²) in [7, 11) is -2.86. The first-order valence-electron chi connectivity index (χ1n) is 6.74. The first-order chi connectivity index (χ1) is 8.96. The Hall–Kier alpha value is -1.07. The standard InChI is InChI=1S/C14H19NO3S/c1-10-9-19(17,18)7-6-15(10)14-5-2-11-8-12(16)3-4-13(11)14/h3-4,8,10,14,16H,2,5-7,9H2,1H3. The van der Waals surface area contributed by atoms with Crippen LogP contribution in [0.3, 0.4) is 0 Å². The predicted molar refractivity (Wildman–Crippen MR) is 74.0 cm³/mol. The Morgan fingerprint density at radius 2 is 2.16 bits per heavy atom. The van der Waals surface area contributed by atoms with Gasteiger partial charge < -0.3 is 5.11 Å². The van der Waals surface area contributed by atoms with Gasteiger partial charge in [-0.1, -0.05) is 6.07 Å². The van der Waals surface area contributed by atoms with Crippen molar-refractivity contribution in [1.82, 2.24) is 4.90 Å². The summed E-state index contributed by atoms with van der Waals surface area (Å²) in [5, 5.41) is 9.52. The number of benzene rings is 1. The van der Waals surface area contributed by atoms with E-state index in [0.29, 0.717) is 18.3 Å². The molecule has 2 aliphatic rings. The van der Waals surface area contributed by atoms with Gasteiger partial charge in [-0.05, 0) is 43.0 Å². The lowest BCUT2D eigenvalue weighted by Gasteiger charge is -2.38. The average Bonchev–Trinajstić information content (AvgIpc) is 2.71. The number of sulfone groups is 1. The van der Waals surface area contributed by atoms with Crippen molar-refractivity contribution in [1.29, 1.82) is 0 Å². The Labute approximate surface area is 114 Å². The number of hydrogen-bond acceptors (Lipinski definition) is 4. The molecule has 0 radical (unpaired) electrons. The third kappa shape index (κ3) is 2.37. The third-order valence-electron chi connectivity index (χ3n) is 4.29. The molecule has 0 aromatic heterocycles. The number of fused-ring (bicyclic) bond motifs is 1. The molecule has 1 aliphatic carbocycles. The van der Waals surface area contributed by atoms with Crippen LogP contribution in [0.4, 0.5) is 0 Å². The lowest BCUT2D eigenvalue weighted by Crippen LogP contribution is -2.48. The molecule has 1 N–H and O–H groups in total. The Morgan fingerprint density at radius 3 is 2.89 bits per heavy atom. The molecule has 4 nitrogen and oxygen atoms in total. The van der Waals surface area contributed by atoms with Gasteiger partial charge in [0.1, 0.15) is 5.75 Å². The summed E-state index contributed by atoms with van der Waals surface area (Å²) in [5.41, 5.74) is 2.45. The second kappa shape index (κ2) is 4.49. The molecule has 0 saturated carbocycles. The topological polar surface area (TPSA) is 57.6 Å². The molecule has 1 aliphatic heterocycles. The zero-order valence-corrected chi connectivity index (χ0v) is 11.9. The third-order valence-corrected chi connectivity index (χ3v) is 6.09. The Morgan fingerprint density at radius 1 is 1.37 bits per heavy atom. The maximum atomic E-state index is 11.7. The molecule has 0 spiro atoms. The minimum absolute atomic E-state index is 0.0727. The van der Waals surface area contributed by atoms with Crippen LogP contribution in [0.2, 0.25) is 0 Å². The van der Waals surface area contributed by atoms with Crippen LogP contribution >= 0.6 is 0 Å². The largest absolute Gasteiger partial charge is 0.508 e. The van der Waals surface area contributed by atoms with Crippen LogP contribution in [0, 0.1) is 0 Å². The van der Waals surface area contributed by atoms with Crippen molar-refractivity contribution < 1.29 is 13.5 Å². The average molecular weight is 281 g/mol. The molecule has 19 heavy (non-hydrogen) atoms. The number of phenols is 1. The van der Waals surface area contributed by atoms with Gasteiger partial charge in [-0.15, -0.1) is 0 Å². The lowest BCUT2D eigenvalue weighted by atomic mass is 10.1. The normalized spacial score (nSPS) is 30.2. The number of aromatic hydroxyl groups is 1. The van der Waals surface area contributed by atoms with Crippen LogP contribution in [0.25, 0.3) is 0 Å². The SMILES string of the molecule is CC1CS(=O)(=O)CCN1C1CCc2cc(O)ccc21. The van der Waals surface area contributed by atoms with E-state index in [0.717, 1.165) is 12.8 Å². The van der Waals surface area contributed by atoms with E-state index in [1.165, 1.54) is 11.1 Å². The molecule has 1 aromatic carbocycles. The highest BCUT2D eigenvalue weighted by atomic mass is 32.2. The second-order valence-electron chi connectivity index (χ2n) is 5.64. The Kier molecular flexibility index (Phi) is 3.06. The summed E-state index contributed by atoms with van der Waals surface area (Å²) in [6, 6.07) is 5.92. The van der Waals surface area contributed by atoms with Crippen LogP contribution in [0.5, 0.6) is 5.75 Å². The lowest BCUT2D eigenvalue weighted by molar-refractivity contribution is 0.157. The van der Waals surface area contributed by atoms with E-state index < -0.39 is 9.84 Å². The summed E-state index contributed by atoms with van der Waals surface area (Å²) < 4.78 is 23.3. The van der Waals surface area contributed by atoms with Gasteiger partial charge in [-0.3, -0.25) is 4.90 Å². The van der Waals surface area contributed by atoms with Crippen LogP contribution in [0.15, 0.2) is 18.2 Å². The van der Waals surface area contributed by atoms with Crippen molar-refractivity contribution in [3.8, 4) is 5.75 Å². The first-order valence-corrected chi connectivity index (χ1v) is 8.56. The number of phenolic OH excluding ortho intramolecular Hbond substituents is 1. The van der Waals surface area contributed by atoms with Gasteiger partial charge in [0, 0.05) is 18.6 Å². The molecule has 1 saturated heterocycles. The summed E-state index contributed by atoms with van der Waals surface area (Å²) in [6.45, 7) is 2.61. The van der Waals surface area contributed by atoms with Gasteiger partial charge in [0.25, 0.3) is 0 Å². The fourth-order valence-corrected chi connectivity index (χ4v) is 4.98. The summed E-state index contributed by atoms with van der Waals surface area (Å²) >= 11 is 0. The molecule has 3 rings (SSSR count). The maximum absolute atomic E-state index is 11.7. The zero-order chi connectivity index (χ0) is 13.6. The van der Waals surface area contributed by atoms with Crippen molar-refractivity contribution in [2.75, 3.05) is 18.1 Å². The molecule has 0 bridgehead atoms. The summed E-state index contributed by atoms with van der Waals surface area (Å²) in [6.07, 6.45) is 1.98. The van der Waals surface area contributed by atoms with E-state index in [2.05, 4.69) is 4.90 Å². The van der Waals surface area contributed by atoms with E-state index >= 15 is 0 Å². The van der Waals surface area contributed by atoms with Crippen molar-refractivity contribution in [2.45, 2.75) is 31.8 Å². The molecule has 2 atom stereocenters. The monoisotopic (exact) mass is 281 g/mol. The predicted octanol–water partition coefficient (Wildman–Crippen LogP) is 1.50. The van der Waals surface area contributed by atoms with Crippen LogP contribution < -0.4 is 0 Å². The molecule has 1 fully saturated rings. The molecule has 1 heterocycles. The van der Waals surface area contributed by atoms with Crippen molar-refractivity contribution >= 4 is 9.84 Å². The highest BCUT2D eigenvalue weighted by Gasteiger charge is 2.36. The van der Waals surface area contributed by atoms with Crippen LogP contribution in [0.1, 0.15) is 30.5 Å². The van der Waals surface area contributed by atoms with Gasteiger partial charge in [-0.25, -0.2) is 8.42 Å². The summed E-state index contributed by atoms with van der Waals surface area (Å²) in [4.78, 5) is 2.31. The van der Waals surface area contributed by atoms with E-state index in [4.69, 9.17) is 0 Å². The molecule has 5 heteroatoms. The van der Waals surface area contributed by atoms with Crippen molar-refractivity contribution in [3.63, 3.8) is 0 Å².